The van der Waals surface area contributed by atoms with Gasteiger partial charge in [-0.2, -0.15) is 0 Å². The first kappa shape index (κ1) is 16.9. The molecule has 0 fully saturated rings. The maximum atomic E-state index is 12.3. The Morgan fingerprint density at radius 3 is 2.61 bits per heavy atom. The van der Waals surface area contributed by atoms with Crippen molar-refractivity contribution < 1.29 is 4.79 Å². The van der Waals surface area contributed by atoms with Crippen LogP contribution in [-0.4, -0.2) is 29.5 Å². The summed E-state index contributed by atoms with van der Waals surface area (Å²) in [6.07, 6.45) is 3.24. The Morgan fingerprint density at radius 1 is 1.17 bits per heavy atom. The highest BCUT2D eigenvalue weighted by Gasteiger charge is 2.13. The van der Waals surface area contributed by atoms with Crippen molar-refractivity contribution in [3.63, 3.8) is 0 Å². The van der Waals surface area contributed by atoms with Crippen LogP contribution in [0.25, 0.3) is 0 Å². The number of amides is 1. The highest BCUT2D eigenvalue weighted by Crippen LogP contribution is 2.21. The van der Waals surface area contributed by atoms with Crippen LogP contribution in [0.15, 0.2) is 36.4 Å². The van der Waals surface area contributed by atoms with Gasteiger partial charge in [-0.3, -0.25) is 4.79 Å². The molecule has 5 heteroatoms. The number of rotatable bonds is 7. The third kappa shape index (κ3) is 4.77. The number of unbranched alkanes of at least 4 members (excludes halogenated alkanes) is 2. The lowest BCUT2D eigenvalue weighted by molar-refractivity contribution is 0.0947. The fourth-order valence-corrected chi connectivity index (χ4v) is 2.29. The van der Waals surface area contributed by atoms with E-state index >= 15 is 0 Å². The number of hydrogen-bond acceptors (Lipinski definition) is 4. The number of anilines is 2. The molecule has 0 saturated carbocycles. The van der Waals surface area contributed by atoms with Crippen molar-refractivity contribution >= 4 is 17.4 Å². The number of benzene rings is 1. The Hall–Kier alpha value is -2.43. The number of para-hydroxylation sites is 1. The van der Waals surface area contributed by atoms with Gasteiger partial charge in [0.25, 0.3) is 5.91 Å². The van der Waals surface area contributed by atoms with Crippen LogP contribution in [0.4, 0.5) is 11.5 Å². The minimum Gasteiger partial charge on any atom is -0.351 e. The lowest BCUT2D eigenvalue weighted by Crippen LogP contribution is -2.26. The summed E-state index contributed by atoms with van der Waals surface area (Å²) < 4.78 is 0. The van der Waals surface area contributed by atoms with Crippen molar-refractivity contribution in [3.8, 4) is 0 Å². The zero-order valence-corrected chi connectivity index (χ0v) is 14.0. The standard InChI is InChI=1S/C18H24N4O/c1-4-5-9-12-19-18(23)16-13-17(21-14(2)20-16)22(3)15-10-7-6-8-11-15/h6-8,10-11,13H,4-5,9,12H2,1-3H3,(H,19,23). The molecule has 1 N–H and O–H groups in total. The first-order valence-electron chi connectivity index (χ1n) is 8.04. The molecule has 0 aliphatic carbocycles. The summed E-state index contributed by atoms with van der Waals surface area (Å²) in [5.74, 6) is 1.15. The van der Waals surface area contributed by atoms with Crippen LogP contribution in [0.2, 0.25) is 0 Å². The molecule has 0 radical (unpaired) electrons. The minimum atomic E-state index is -0.144. The average Bonchev–Trinajstić information content (AvgIpc) is 2.58. The van der Waals surface area contributed by atoms with Crippen LogP contribution in [0.5, 0.6) is 0 Å². The van der Waals surface area contributed by atoms with E-state index in [9.17, 15) is 4.79 Å². The van der Waals surface area contributed by atoms with Gasteiger partial charge in [-0.05, 0) is 25.5 Å². The van der Waals surface area contributed by atoms with Gasteiger partial charge in [0.1, 0.15) is 17.3 Å². The van der Waals surface area contributed by atoms with Gasteiger partial charge >= 0.3 is 0 Å². The Kier molecular flexibility index (Phi) is 6.09. The number of carbonyl (C=O) groups excluding carboxylic acids is 1. The molecule has 23 heavy (non-hydrogen) atoms. The quantitative estimate of drug-likeness (QED) is 0.795. The minimum absolute atomic E-state index is 0.144. The molecule has 0 bridgehead atoms. The van der Waals surface area contributed by atoms with Gasteiger partial charge in [0, 0.05) is 25.3 Å². The van der Waals surface area contributed by atoms with Gasteiger partial charge in [-0.1, -0.05) is 38.0 Å². The number of nitrogens with one attached hydrogen (secondary N) is 1. The van der Waals surface area contributed by atoms with Gasteiger partial charge in [0.2, 0.25) is 0 Å². The number of hydrogen-bond donors (Lipinski definition) is 1. The van der Waals surface area contributed by atoms with E-state index in [4.69, 9.17) is 0 Å². The predicted molar refractivity (Wildman–Crippen MR) is 93.1 cm³/mol. The molecular formula is C18H24N4O. The summed E-state index contributed by atoms with van der Waals surface area (Å²) in [5, 5.41) is 2.92. The van der Waals surface area contributed by atoms with Gasteiger partial charge in [0.05, 0.1) is 0 Å². The first-order valence-corrected chi connectivity index (χ1v) is 8.04. The maximum Gasteiger partial charge on any atom is 0.270 e. The monoisotopic (exact) mass is 312 g/mol. The van der Waals surface area contributed by atoms with Gasteiger partial charge in [-0.25, -0.2) is 9.97 Å². The third-order valence-corrected chi connectivity index (χ3v) is 3.61. The fraction of sp³-hybridized carbons (Fsp3) is 0.389. The van der Waals surface area contributed by atoms with Crippen LogP contribution in [0, 0.1) is 6.92 Å². The molecule has 2 rings (SSSR count). The molecule has 122 valence electrons. The summed E-state index contributed by atoms with van der Waals surface area (Å²) in [4.78, 5) is 22.9. The van der Waals surface area contributed by atoms with E-state index in [1.54, 1.807) is 13.0 Å². The highest BCUT2D eigenvalue weighted by molar-refractivity contribution is 5.93. The number of carbonyl (C=O) groups is 1. The molecule has 0 unspecified atom stereocenters. The molecule has 0 aliphatic heterocycles. The van der Waals surface area contributed by atoms with E-state index in [0.29, 0.717) is 23.9 Å². The Bertz CT molecular complexity index is 643. The van der Waals surface area contributed by atoms with Crippen molar-refractivity contribution in [1.29, 1.82) is 0 Å². The molecule has 1 heterocycles. The normalized spacial score (nSPS) is 10.4. The lowest BCUT2D eigenvalue weighted by atomic mass is 10.2. The van der Waals surface area contributed by atoms with E-state index in [1.807, 2.05) is 42.3 Å². The van der Waals surface area contributed by atoms with Crippen LogP contribution in [-0.2, 0) is 0 Å². The predicted octanol–water partition coefficient (Wildman–Crippen LogP) is 3.47. The molecule has 0 spiro atoms. The van der Waals surface area contributed by atoms with Crippen molar-refractivity contribution in [1.82, 2.24) is 15.3 Å². The van der Waals surface area contributed by atoms with E-state index in [-0.39, 0.29) is 5.91 Å². The van der Waals surface area contributed by atoms with E-state index in [0.717, 1.165) is 24.9 Å². The number of aryl methyl sites for hydroxylation is 1. The second kappa shape index (κ2) is 8.27. The third-order valence-electron chi connectivity index (χ3n) is 3.61. The van der Waals surface area contributed by atoms with Crippen molar-refractivity contribution in [3.05, 3.63) is 47.9 Å². The number of aromatic nitrogens is 2. The maximum absolute atomic E-state index is 12.3. The molecule has 1 aromatic heterocycles. The summed E-state index contributed by atoms with van der Waals surface area (Å²) in [6.45, 7) is 4.62. The van der Waals surface area contributed by atoms with Crippen molar-refractivity contribution in [2.24, 2.45) is 0 Å². The van der Waals surface area contributed by atoms with Crippen molar-refractivity contribution in [2.45, 2.75) is 33.1 Å². The van der Waals surface area contributed by atoms with E-state index in [1.165, 1.54) is 0 Å². The highest BCUT2D eigenvalue weighted by atomic mass is 16.1. The second-order valence-corrected chi connectivity index (χ2v) is 5.52. The first-order chi connectivity index (χ1) is 11.1. The van der Waals surface area contributed by atoms with E-state index in [2.05, 4.69) is 22.2 Å². The largest absolute Gasteiger partial charge is 0.351 e. The van der Waals surface area contributed by atoms with Crippen LogP contribution in [0.1, 0.15) is 42.5 Å². The topological polar surface area (TPSA) is 58.1 Å². The number of nitrogens with zero attached hydrogens (tertiary/aromatic N) is 3. The zero-order valence-electron chi connectivity index (χ0n) is 14.0. The van der Waals surface area contributed by atoms with Crippen LogP contribution in [0.3, 0.4) is 0 Å². The molecule has 0 aliphatic rings. The smallest absolute Gasteiger partial charge is 0.270 e. The molecule has 2 aromatic rings. The summed E-state index contributed by atoms with van der Waals surface area (Å²) in [5.41, 5.74) is 1.42. The summed E-state index contributed by atoms with van der Waals surface area (Å²) in [6, 6.07) is 11.7. The molecule has 1 aromatic carbocycles. The second-order valence-electron chi connectivity index (χ2n) is 5.52. The van der Waals surface area contributed by atoms with Crippen LogP contribution >= 0.6 is 0 Å². The Labute approximate surface area is 137 Å². The fourth-order valence-electron chi connectivity index (χ4n) is 2.29. The SMILES string of the molecule is CCCCCNC(=O)c1cc(N(C)c2ccccc2)nc(C)n1. The van der Waals surface area contributed by atoms with Crippen LogP contribution < -0.4 is 10.2 Å². The van der Waals surface area contributed by atoms with Gasteiger partial charge in [-0.15, -0.1) is 0 Å². The lowest BCUT2D eigenvalue weighted by Gasteiger charge is -2.19. The van der Waals surface area contributed by atoms with Gasteiger partial charge < -0.3 is 10.2 Å². The van der Waals surface area contributed by atoms with Crippen molar-refractivity contribution in [2.75, 3.05) is 18.5 Å². The van der Waals surface area contributed by atoms with Gasteiger partial charge in [0.15, 0.2) is 0 Å². The molecule has 5 nitrogen and oxygen atoms in total. The molecule has 0 atom stereocenters. The Balaban J connectivity index is 2.14. The molecule has 0 saturated heterocycles. The summed E-state index contributed by atoms with van der Waals surface area (Å²) in [7, 11) is 1.93. The molecular weight excluding hydrogens is 288 g/mol. The Morgan fingerprint density at radius 2 is 1.91 bits per heavy atom. The average molecular weight is 312 g/mol. The molecule has 1 amide bonds. The van der Waals surface area contributed by atoms with E-state index < -0.39 is 0 Å². The summed E-state index contributed by atoms with van der Waals surface area (Å²) >= 11 is 0. The zero-order chi connectivity index (χ0) is 16.7.